The molecule has 5 nitrogen and oxygen atoms in total. The summed E-state index contributed by atoms with van der Waals surface area (Å²) in [6.07, 6.45) is 1.25. The number of nitro groups is 1. The fourth-order valence-corrected chi connectivity index (χ4v) is 2.03. The van der Waals surface area contributed by atoms with Crippen molar-refractivity contribution in [2.75, 3.05) is 0 Å². The zero-order valence-electron chi connectivity index (χ0n) is 9.25. The lowest BCUT2D eigenvalue weighted by Gasteiger charge is -2.05. The Morgan fingerprint density at radius 1 is 1.28 bits per heavy atom. The third-order valence-corrected chi connectivity index (χ3v) is 2.91. The first-order valence-corrected chi connectivity index (χ1v) is 5.95. The highest BCUT2D eigenvalue weighted by molar-refractivity contribution is 9.10. The molecule has 0 aliphatic heterocycles. The lowest BCUT2D eigenvalue weighted by Crippen LogP contribution is -2.19. The number of halogens is 1. The Balaban J connectivity index is 2.37. The minimum absolute atomic E-state index is 0.0930. The maximum Gasteiger partial charge on any atom is 0.285 e. The van der Waals surface area contributed by atoms with E-state index in [9.17, 15) is 14.9 Å². The van der Waals surface area contributed by atoms with Crippen LogP contribution in [0.4, 0.5) is 5.69 Å². The highest BCUT2D eigenvalue weighted by Gasteiger charge is 2.08. The maximum atomic E-state index is 11.6. The van der Waals surface area contributed by atoms with Crippen LogP contribution in [0.1, 0.15) is 5.56 Å². The molecule has 2 aromatic rings. The molecule has 6 heteroatoms. The molecule has 92 valence electrons. The molecule has 0 spiro atoms. The summed E-state index contributed by atoms with van der Waals surface area (Å²) in [6.45, 7) is 0.306. The Morgan fingerprint density at radius 3 is 2.72 bits per heavy atom. The van der Waals surface area contributed by atoms with Crippen molar-refractivity contribution in [2.24, 2.45) is 0 Å². The molecule has 1 heterocycles. The fraction of sp³-hybridized carbons (Fsp3) is 0.0833. The van der Waals surface area contributed by atoms with Crippen LogP contribution in [0.3, 0.4) is 0 Å². The first-order chi connectivity index (χ1) is 8.56. The standard InChI is InChI=1S/C12H9BrN2O3/c13-10-3-1-2-9(6-10)7-14-8-11(15(17)18)4-5-12(14)16/h1-6,8H,7H2. The third kappa shape index (κ3) is 2.84. The molecule has 0 aliphatic carbocycles. The maximum absolute atomic E-state index is 11.6. The summed E-state index contributed by atoms with van der Waals surface area (Å²) in [5.74, 6) is 0. The van der Waals surface area contributed by atoms with Gasteiger partial charge in [-0.25, -0.2) is 0 Å². The Morgan fingerprint density at radius 2 is 2.06 bits per heavy atom. The first kappa shape index (κ1) is 12.5. The molecular formula is C12H9BrN2O3. The normalized spacial score (nSPS) is 10.3. The van der Waals surface area contributed by atoms with E-state index in [0.717, 1.165) is 10.0 Å². The minimum Gasteiger partial charge on any atom is -0.304 e. The summed E-state index contributed by atoms with van der Waals surface area (Å²) >= 11 is 3.34. The molecule has 18 heavy (non-hydrogen) atoms. The van der Waals surface area contributed by atoms with Crippen LogP contribution in [-0.4, -0.2) is 9.49 Å². The molecule has 0 saturated carbocycles. The third-order valence-electron chi connectivity index (χ3n) is 2.42. The van der Waals surface area contributed by atoms with E-state index in [1.807, 2.05) is 24.3 Å². The van der Waals surface area contributed by atoms with Crippen molar-refractivity contribution >= 4 is 21.6 Å². The minimum atomic E-state index is -0.517. The first-order valence-electron chi connectivity index (χ1n) is 5.15. The predicted molar refractivity (Wildman–Crippen MR) is 70.6 cm³/mol. The van der Waals surface area contributed by atoms with Crippen LogP contribution in [0, 0.1) is 10.1 Å². The van der Waals surface area contributed by atoms with Crippen molar-refractivity contribution in [3.63, 3.8) is 0 Å². The van der Waals surface area contributed by atoms with Gasteiger partial charge in [0, 0.05) is 16.6 Å². The van der Waals surface area contributed by atoms with E-state index in [2.05, 4.69) is 15.9 Å². The van der Waals surface area contributed by atoms with E-state index in [0.29, 0.717) is 6.54 Å². The highest BCUT2D eigenvalue weighted by Crippen LogP contribution is 2.13. The van der Waals surface area contributed by atoms with Gasteiger partial charge in [0.1, 0.15) is 0 Å². The average molecular weight is 309 g/mol. The molecule has 0 radical (unpaired) electrons. The second-order valence-electron chi connectivity index (χ2n) is 3.74. The lowest BCUT2D eigenvalue weighted by atomic mass is 10.2. The molecule has 0 atom stereocenters. The number of nitrogens with zero attached hydrogens (tertiary/aromatic N) is 2. The second-order valence-corrected chi connectivity index (χ2v) is 4.66. The quantitative estimate of drug-likeness (QED) is 0.646. The van der Waals surface area contributed by atoms with Crippen molar-refractivity contribution < 1.29 is 4.92 Å². The molecule has 0 unspecified atom stereocenters. The Hall–Kier alpha value is -1.95. The van der Waals surface area contributed by atoms with Crippen molar-refractivity contribution in [3.05, 3.63) is 73.1 Å². The number of hydrogen-bond acceptors (Lipinski definition) is 3. The van der Waals surface area contributed by atoms with Gasteiger partial charge in [-0.15, -0.1) is 0 Å². The molecule has 0 saturated heterocycles. The van der Waals surface area contributed by atoms with Crippen LogP contribution in [0.15, 0.2) is 51.9 Å². The van der Waals surface area contributed by atoms with E-state index in [4.69, 9.17) is 0 Å². The van der Waals surface area contributed by atoms with Crippen LogP contribution < -0.4 is 5.56 Å². The van der Waals surface area contributed by atoms with Crippen LogP contribution in [0.25, 0.3) is 0 Å². The van der Waals surface area contributed by atoms with Crippen LogP contribution in [0.2, 0.25) is 0 Å². The van der Waals surface area contributed by atoms with Crippen molar-refractivity contribution in [1.82, 2.24) is 4.57 Å². The molecule has 0 bridgehead atoms. The summed E-state index contributed by atoms with van der Waals surface area (Å²) in [4.78, 5) is 21.7. The molecule has 1 aromatic heterocycles. The number of benzene rings is 1. The van der Waals surface area contributed by atoms with Gasteiger partial charge in [0.25, 0.3) is 11.2 Å². The monoisotopic (exact) mass is 308 g/mol. The molecular weight excluding hydrogens is 300 g/mol. The van der Waals surface area contributed by atoms with Gasteiger partial charge in [0.05, 0.1) is 17.7 Å². The fourth-order valence-electron chi connectivity index (χ4n) is 1.58. The van der Waals surface area contributed by atoms with Gasteiger partial charge in [-0.05, 0) is 17.7 Å². The SMILES string of the molecule is O=c1ccc([N+](=O)[O-])cn1Cc1cccc(Br)c1. The van der Waals surface area contributed by atoms with Crippen LogP contribution in [-0.2, 0) is 6.54 Å². The zero-order valence-corrected chi connectivity index (χ0v) is 10.8. The Bertz CT molecular complexity index is 652. The van der Waals surface area contributed by atoms with Gasteiger partial charge in [-0.3, -0.25) is 14.9 Å². The van der Waals surface area contributed by atoms with Crippen molar-refractivity contribution in [2.45, 2.75) is 6.54 Å². The van der Waals surface area contributed by atoms with Gasteiger partial charge >= 0.3 is 0 Å². The summed E-state index contributed by atoms with van der Waals surface area (Å²) in [5, 5.41) is 10.7. The molecule has 1 aromatic carbocycles. The van der Waals surface area contributed by atoms with E-state index < -0.39 is 4.92 Å². The van der Waals surface area contributed by atoms with E-state index in [1.165, 1.54) is 22.9 Å². The van der Waals surface area contributed by atoms with Crippen molar-refractivity contribution in [3.8, 4) is 0 Å². The van der Waals surface area contributed by atoms with Gasteiger partial charge in [-0.1, -0.05) is 28.1 Å². The van der Waals surface area contributed by atoms with E-state index >= 15 is 0 Å². The molecule has 0 aliphatic rings. The van der Waals surface area contributed by atoms with Crippen LogP contribution in [0.5, 0.6) is 0 Å². The smallest absolute Gasteiger partial charge is 0.285 e. The topological polar surface area (TPSA) is 65.1 Å². The van der Waals surface area contributed by atoms with Gasteiger partial charge in [0.15, 0.2) is 0 Å². The lowest BCUT2D eigenvalue weighted by molar-refractivity contribution is -0.385. The summed E-state index contributed by atoms with van der Waals surface area (Å²) in [6, 6.07) is 9.86. The number of hydrogen-bond donors (Lipinski definition) is 0. The van der Waals surface area contributed by atoms with Crippen molar-refractivity contribution in [1.29, 1.82) is 0 Å². The Labute approximate surface area is 111 Å². The highest BCUT2D eigenvalue weighted by atomic mass is 79.9. The van der Waals surface area contributed by atoms with Gasteiger partial charge in [-0.2, -0.15) is 0 Å². The molecule has 2 rings (SSSR count). The second kappa shape index (κ2) is 5.14. The Kier molecular flexibility index (Phi) is 3.57. The van der Waals surface area contributed by atoms with Gasteiger partial charge < -0.3 is 4.57 Å². The summed E-state index contributed by atoms with van der Waals surface area (Å²) in [5.41, 5.74) is 0.539. The molecule has 0 amide bonds. The van der Waals surface area contributed by atoms with Gasteiger partial charge in [0.2, 0.25) is 0 Å². The van der Waals surface area contributed by atoms with E-state index in [-0.39, 0.29) is 11.2 Å². The zero-order chi connectivity index (χ0) is 13.1. The number of aromatic nitrogens is 1. The largest absolute Gasteiger partial charge is 0.304 e. The molecule has 0 fully saturated rings. The average Bonchev–Trinajstić information content (AvgIpc) is 2.31. The summed E-state index contributed by atoms with van der Waals surface area (Å²) in [7, 11) is 0. The predicted octanol–water partition coefficient (Wildman–Crippen LogP) is 2.57. The van der Waals surface area contributed by atoms with E-state index in [1.54, 1.807) is 0 Å². The summed E-state index contributed by atoms with van der Waals surface area (Å²) < 4.78 is 2.22. The van der Waals surface area contributed by atoms with Crippen LogP contribution >= 0.6 is 15.9 Å². The molecule has 0 N–H and O–H groups in total. The number of pyridine rings is 1. The number of rotatable bonds is 3.